The molecule has 0 radical (unpaired) electrons. The van der Waals surface area contributed by atoms with E-state index in [0.29, 0.717) is 21.9 Å². The van der Waals surface area contributed by atoms with Crippen LogP contribution >= 0.6 is 23.2 Å². The second-order valence-corrected chi connectivity index (χ2v) is 4.52. The molecule has 1 aromatic carbocycles. The topological polar surface area (TPSA) is 51.0 Å². The molecule has 6 heteroatoms. The maximum Gasteiger partial charge on any atom is 0.321 e. The summed E-state index contributed by atoms with van der Waals surface area (Å²) in [6, 6.07) is 5.70. The van der Waals surface area contributed by atoms with E-state index in [0.717, 1.165) is 5.56 Å². The summed E-state index contributed by atoms with van der Waals surface area (Å²) < 4.78 is 4.98. The Morgan fingerprint density at radius 2 is 2.12 bits per heavy atom. The number of rotatable bonds is 3. The highest BCUT2D eigenvalue weighted by molar-refractivity contribution is 6.35. The summed E-state index contributed by atoms with van der Waals surface area (Å²) in [5.41, 5.74) is 0.923. The first-order valence-corrected chi connectivity index (χ1v) is 5.83. The van der Waals surface area contributed by atoms with Gasteiger partial charge in [-0.2, -0.15) is 4.98 Å². The van der Waals surface area contributed by atoms with Gasteiger partial charge in [0.2, 0.25) is 0 Å². The Morgan fingerprint density at radius 3 is 2.71 bits per heavy atom. The van der Waals surface area contributed by atoms with Crippen molar-refractivity contribution >= 4 is 29.2 Å². The van der Waals surface area contributed by atoms with Gasteiger partial charge in [-0.05, 0) is 31.5 Å². The van der Waals surface area contributed by atoms with E-state index in [1.54, 1.807) is 19.1 Å². The molecule has 17 heavy (non-hydrogen) atoms. The Morgan fingerprint density at radius 1 is 1.35 bits per heavy atom. The highest BCUT2D eigenvalue weighted by Gasteiger charge is 2.12. The summed E-state index contributed by atoms with van der Waals surface area (Å²) in [7, 11) is 0. The van der Waals surface area contributed by atoms with Crippen molar-refractivity contribution in [1.29, 1.82) is 0 Å². The summed E-state index contributed by atoms with van der Waals surface area (Å²) in [5, 5.41) is 7.98. The second-order valence-electron chi connectivity index (χ2n) is 3.68. The Bertz CT molecular complexity index is 527. The van der Waals surface area contributed by atoms with Crippen molar-refractivity contribution in [2.24, 2.45) is 0 Å². The lowest BCUT2D eigenvalue weighted by atomic mass is 10.1. The molecule has 90 valence electrons. The minimum Gasteiger partial charge on any atom is -0.331 e. The Hall–Kier alpha value is -1.26. The van der Waals surface area contributed by atoms with Gasteiger partial charge < -0.3 is 9.84 Å². The monoisotopic (exact) mass is 271 g/mol. The third-order valence-corrected chi connectivity index (χ3v) is 2.86. The molecule has 1 atom stereocenters. The van der Waals surface area contributed by atoms with Crippen molar-refractivity contribution in [1.82, 2.24) is 10.1 Å². The van der Waals surface area contributed by atoms with E-state index in [1.807, 2.05) is 13.0 Å². The number of aromatic nitrogens is 2. The third-order valence-electron chi connectivity index (χ3n) is 2.30. The maximum absolute atomic E-state index is 6.10. The van der Waals surface area contributed by atoms with Crippen LogP contribution in [0.4, 0.5) is 6.01 Å². The zero-order valence-electron chi connectivity index (χ0n) is 9.37. The fourth-order valence-electron chi connectivity index (χ4n) is 1.47. The number of hydrogen-bond acceptors (Lipinski definition) is 4. The first kappa shape index (κ1) is 12.2. The van der Waals surface area contributed by atoms with Crippen molar-refractivity contribution in [3.8, 4) is 0 Å². The van der Waals surface area contributed by atoms with Gasteiger partial charge in [0.1, 0.15) is 0 Å². The third kappa shape index (κ3) is 2.90. The molecule has 0 bridgehead atoms. The van der Waals surface area contributed by atoms with Crippen LogP contribution in [0, 0.1) is 6.92 Å². The maximum atomic E-state index is 6.10. The fraction of sp³-hybridized carbons (Fsp3) is 0.273. The van der Waals surface area contributed by atoms with Gasteiger partial charge in [0, 0.05) is 10.0 Å². The van der Waals surface area contributed by atoms with E-state index in [-0.39, 0.29) is 6.04 Å². The van der Waals surface area contributed by atoms with Crippen molar-refractivity contribution in [2.45, 2.75) is 19.9 Å². The van der Waals surface area contributed by atoms with E-state index in [1.165, 1.54) is 0 Å². The minimum atomic E-state index is -0.0420. The quantitative estimate of drug-likeness (QED) is 0.921. The number of nitrogens with one attached hydrogen (secondary N) is 1. The second kappa shape index (κ2) is 4.94. The van der Waals surface area contributed by atoms with Gasteiger partial charge in [0.05, 0.1) is 6.04 Å². The van der Waals surface area contributed by atoms with Crippen LogP contribution in [0.2, 0.25) is 10.0 Å². The summed E-state index contributed by atoms with van der Waals surface area (Å²) in [6.07, 6.45) is 0. The molecular weight excluding hydrogens is 261 g/mol. The predicted molar refractivity (Wildman–Crippen MR) is 67.5 cm³/mol. The molecule has 2 aromatic rings. The first-order valence-electron chi connectivity index (χ1n) is 5.08. The number of aryl methyl sites for hydroxylation is 1. The van der Waals surface area contributed by atoms with Gasteiger partial charge in [-0.25, -0.2) is 0 Å². The lowest BCUT2D eigenvalue weighted by molar-refractivity contribution is 0.422. The SMILES string of the molecule is Cc1noc(NC(C)c2ccc(Cl)cc2Cl)n1. The van der Waals surface area contributed by atoms with Gasteiger partial charge in [-0.15, -0.1) is 0 Å². The normalized spacial score (nSPS) is 12.5. The molecule has 0 fully saturated rings. The molecule has 4 nitrogen and oxygen atoms in total. The highest BCUT2D eigenvalue weighted by Crippen LogP contribution is 2.27. The van der Waals surface area contributed by atoms with Crippen molar-refractivity contribution in [3.63, 3.8) is 0 Å². The van der Waals surface area contributed by atoms with Crippen LogP contribution in [0.1, 0.15) is 24.4 Å². The standard InChI is InChI=1S/C11H11Cl2N3O/c1-6(14-11-15-7(2)16-17-11)9-4-3-8(12)5-10(9)13/h3-6H,1-2H3,(H,14,15,16). The van der Waals surface area contributed by atoms with Crippen LogP contribution in [0.25, 0.3) is 0 Å². The van der Waals surface area contributed by atoms with Crippen LogP contribution in [0.3, 0.4) is 0 Å². The average Bonchev–Trinajstić information content (AvgIpc) is 2.63. The van der Waals surface area contributed by atoms with Crippen LogP contribution in [0.5, 0.6) is 0 Å². The van der Waals surface area contributed by atoms with Crippen molar-refractivity contribution in [2.75, 3.05) is 5.32 Å². The van der Waals surface area contributed by atoms with Crippen molar-refractivity contribution < 1.29 is 4.52 Å². The molecular formula is C11H11Cl2N3O. The summed E-state index contributed by atoms with van der Waals surface area (Å²) in [4.78, 5) is 4.07. The molecule has 1 aromatic heterocycles. The molecule has 0 aliphatic rings. The van der Waals surface area contributed by atoms with E-state index in [9.17, 15) is 0 Å². The Kier molecular flexibility index (Phi) is 3.54. The van der Waals surface area contributed by atoms with Crippen LogP contribution in [-0.4, -0.2) is 10.1 Å². The highest BCUT2D eigenvalue weighted by atomic mass is 35.5. The Labute approximate surface area is 109 Å². The number of halogens is 2. The van der Waals surface area contributed by atoms with Gasteiger partial charge >= 0.3 is 6.01 Å². The summed E-state index contributed by atoms with van der Waals surface area (Å²) >= 11 is 11.9. The zero-order valence-corrected chi connectivity index (χ0v) is 10.9. The molecule has 1 N–H and O–H groups in total. The predicted octanol–water partition coefficient (Wildman–Crippen LogP) is 3.86. The average molecular weight is 272 g/mol. The molecule has 0 aliphatic heterocycles. The minimum absolute atomic E-state index is 0.0420. The molecule has 0 amide bonds. The number of nitrogens with zero attached hydrogens (tertiary/aromatic N) is 2. The van der Waals surface area contributed by atoms with Gasteiger partial charge in [0.25, 0.3) is 0 Å². The summed E-state index contributed by atoms with van der Waals surface area (Å²) in [5.74, 6) is 0.585. The van der Waals surface area contributed by atoms with E-state index >= 15 is 0 Å². The lowest BCUT2D eigenvalue weighted by Crippen LogP contribution is -2.07. The first-order chi connectivity index (χ1) is 8.06. The van der Waals surface area contributed by atoms with E-state index in [2.05, 4.69) is 15.5 Å². The molecule has 0 saturated carbocycles. The Balaban J connectivity index is 2.17. The number of anilines is 1. The van der Waals surface area contributed by atoms with Crippen LogP contribution in [0.15, 0.2) is 22.7 Å². The van der Waals surface area contributed by atoms with E-state index in [4.69, 9.17) is 27.7 Å². The zero-order chi connectivity index (χ0) is 12.4. The molecule has 0 saturated heterocycles. The fourth-order valence-corrected chi connectivity index (χ4v) is 2.04. The molecule has 1 heterocycles. The molecule has 1 unspecified atom stereocenters. The number of hydrogen-bond donors (Lipinski definition) is 1. The van der Waals surface area contributed by atoms with Crippen LogP contribution < -0.4 is 5.32 Å². The molecule has 2 rings (SSSR count). The van der Waals surface area contributed by atoms with Crippen LogP contribution in [-0.2, 0) is 0 Å². The van der Waals surface area contributed by atoms with Gasteiger partial charge in [0.15, 0.2) is 5.82 Å². The molecule has 0 aliphatic carbocycles. The van der Waals surface area contributed by atoms with Gasteiger partial charge in [-0.1, -0.05) is 34.4 Å². The summed E-state index contributed by atoms with van der Waals surface area (Å²) in [6.45, 7) is 3.71. The van der Waals surface area contributed by atoms with Crippen molar-refractivity contribution in [3.05, 3.63) is 39.6 Å². The lowest BCUT2D eigenvalue weighted by Gasteiger charge is -2.13. The smallest absolute Gasteiger partial charge is 0.321 e. The molecule has 0 spiro atoms. The van der Waals surface area contributed by atoms with Gasteiger partial charge in [-0.3, -0.25) is 0 Å². The number of benzene rings is 1. The largest absolute Gasteiger partial charge is 0.331 e. The van der Waals surface area contributed by atoms with E-state index < -0.39 is 0 Å².